The highest BCUT2D eigenvalue weighted by atomic mass is 79.9. The minimum absolute atomic E-state index is 0.0947. The van der Waals surface area contributed by atoms with Crippen molar-refractivity contribution in [2.75, 3.05) is 19.3 Å². The van der Waals surface area contributed by atoms with Crippen molar-refractivity contribution in [3.05, 3.63) is 34.3 Å². The van der Waals surface area contributed by atoms with Gasteiger partial charge in [-0.3, -0.25) is 0 Å². The zero-order valence-corrected chi connectivity index (χ0v) is 11.4. The Morgan fingerprint density at radius 1 is 1.38 bits per heavy atom. The summed E-state index contributed by atoms with van der Waals surface area (Å²) in [6, 6.07) is 7.55. The third-order valence-electron chi connectivity index (χ3n) is 2.01. The molecule has 0 aliphatic carbocycles. The average Bonchev–Trinajstić information content (AvgIpc) is 2.24. The van der Waals surface area contributed by atoms with Crippen LogP contribution in [0, 0.1) is 0 Å². The molecule has 0 aromatic heterocycles. The van der Waals surface area contributed by atoms with Crippen molar-refractivity contribution in [3.8, 4) is 0 Å². The molecule has 6 heteroatoms. The molecule has 0 aliphatic heterocycles. The van der Waals surface area contributed by atoms with Gasteiger partial charge in [-0.05, 0) is 24.7 Å². The minimum atomic E-state index is -3.18. The van der Waals surface area contributed by atoms with E-state index in [0.717, 1.165) is 10.0 Å². The fourth-order valence-corrected chi connectivity index (χ4v) is 2.60. The van der Waals surface area contributed by atoms with Gasteiger partial charge in [0.25, 0.3) is 0 Å². The van der Waals surface area contributed by atoms with Crippen LogP contribution >= 0.6 is 15.9 Å². The van der Waals surface area contributed by atoms with Gasteiger partial charge in [0.05, 0.1) is 5.75 Å². The van der Waals surface area contributed by atoms with Crippen molar-refractivity contribution in [3.63, 3.8) is 0 Å². The topological polar surface area (TPSA) is 58.2 Å². The summed E-state index contributed by atoms with van der Waals surface area (Å²) in [6.07, 6.45) is 0. The van der Waals surface area contributed by atoms with Crippen LogP contribution in [-0.4, -0.2) is 27.8 Å². The molecule has 4 nitrogen and oxygen atoms in total. The number of hydrogen-bond donors (Lipinski definition) is 2. The van der Waals surface area contributed by atoms with E-state index < -0.39 is 10.0 Å². The zero-order chi connectivity index (χ0) is 12.0. The highest BCUT2D eigenvalue weighted by Crippen LogP contribution is 2.11. The van der Waals surface area contributed by atoms with Gasteiger partial charge in [-0.1, -0.05) is 28.1 Å². The van der Waals surface area contributed by atoms with Gasteiger partial charge < -0.3 is 5.32 Å². The van der Waals surface area contributed by atoms with Crippen molar-refractivity contribution in [2.45, 2.75) is 6.54 Å². The first-order valence-corrected chi connectivity index (χ1v) is 7.34. The van der Waals surface area contributed by atoms with E-state index in [2.05, 4.69) is 26.0 Å². The van der Waals surface area contributed by atoms with Gasteiger partial charge in [0, 0.05) is 17.6 Å². The lowest BCUT2D eigenvalue weighted by Gasteiger charge is -2.06. The number of benzene rings is 1. The number of sulfonamides is 1. The maximum absolute atomic E-state index is 11.5. The summed E-state index contributed by atoms with van der Waals surface area (Å²) in [5.41, 5.74) is 0.933. The molecule has 0 heterocycles. The van der Waals surface area contributed by atoms with Gasteiger partial charge >= 0.3 is 0 Å². The van der Waals surface area contributed by atoms with Crippen LogP contribution in [0.4, 0.5) is 0 Å². The summed E-state index contributed by atoms with van der Waals surface area (Å²) in [5, 5.41) is 2.80. The molecule has 0 atom stereocenters. The normalized spacial score (nSPS) is 11.6. The quantitative estimate of drug-likeness (QED) is 0.827. The number of rotatable bonds is 6. The van der Waals surface area contributed by atoms with Gasteiger partial charge in [0.2, 0.25) is 10.0 Å². The molecule has 1 aromatic rings. The van der Waals surface area contributed by atoms with Crippen molar-refractivity contribution in [1.82, 2.24) is 10.0 Å². The van der Waals surface area contributed by atoms with Crippen LogP contribution in [0.5, 0.6) is 0 Å². The predicted octanol–water partition coefficient (Wildman–Crippen LogP) is 1.09. The van der Waals surface area contributed by atoms with Crippen LogP contribution in [0.1, 0.15) is 5.56 Å². The fourth-order valence-electron chi connectivity index (χ4n) is 1.15. The lowest BCUT2D eigenvalue weighted by atomic mass is 10.2. The summed E-state index contributed by atoms with van der Waals surface area (Å²) in [6.45, 7) is 0.777. The molecule has 0 radical (unpaired) electrons. The highest BCUT2D eigenvalue weighted by molar-refractivity contribution is 9.10. The molecule has 90 valence electrons. The first kappa shape index (κ1) is 13.6. The Morgan fingerprint density at radius 2 is 2.12 bits per heavy atom. The molecule has 16 heavy (non-hydrogen) atoms. The van der Waals surface area contributed by atoms with Crippen LogP contribution < -0.4 is 10.0 Å². The van der Waals surface area contributed by atoms with Crippen molar-refractivity contribution in [2.24, 2.45) is 0 Å². The molecule has 1 rings (SSSR count). The van der Waals surface area contributed by atoms with E-state index in [1.165, 1.54) is 0 Å². The van der Waals surface area contributed by atoms with E-state index in [1.54, 1.807) is 7.05 Å². The summed E-state index contributed by atoms with van der Waals surface area (Å²) in [4.78, 5) is 0. The fraction of sp³-hybridized carbons (Fsp3) is 0.400. The van der Waals surface area contributed by atoms with E-state index in [0.29, 0.717) is 13.1 Å². The van der Waals surface area contributed by atoms with Crippen molar-refractivity contribution in [1.29, 1.82) is 0 Å². The summed E-state index contributed by atoms with van der Waals surface area (Å²) in [5.74, 6) is 0.0947. The maximum atomic E-state index is 11.5. The smallest absolute Gasteiger partial charge is 0.213 e. The molecule has 0 fully saturated rings. The molecular formula is C10H15BrN2O2S. The third-order valence-corrected chi connectivity index (χ3v) is 3.83. The Kier molecular flexibility index (Phi) is 5.40. The van der Waals surface area contributed by atoms with Crippen LogP contribution in [-0.2, 0) is 16.6 Å². The van der Waals surface area contributed by atoms with Gasteiger partial charge in [-0.15, -0.1) is 0 Å². The molecule has 2 N–H and O–H groups in total. The molecule has 0 saturated heterocycles. The van der Waals surface area contributed by atoms with Crippen molar-refractivity contribution < 1.29 is 8.42 Å². The molecular weight excluding hydrogens is 292 g/mol. The maximum Gasteiger partial charge on any atom is 0.213 e. The van der Waals surface area contributed by atoms with Gasteiger partial charge in [0.1, 0.15) is 0 Å². The van der Waals surface area contributed by atoms with Gasteiger partial charge in [-0.25, -0.2) is 13.1 Å². The summed E-state index contributed by atoms with van der Waals surface area (Å²) >= 11 is 3.34. The molecule has 0 unspecified atom stereocenters. The lowest BCUT2D eigenvalue weighted by Crippen LogP contribution is -2.30. The number of nitrogens with one attached hydrogen (secondary N) is 2. The minimum Gasteiger partial charge on any atom is -0.319 e. The number of halogens is 1. The predicted molar refractivity (Wildman–Crippen MR) is 68.7 cm³/mol. The average molecular weight is 307 g/mol. The third kappa shape index (κ3) is 5.07. The van der Waals surface area contributed by atoms with Crippen LogP contribution in [0.3, 0.4) is 0 Å². The largest absolute Gasteiger partial charge is 0.319 e. The van der Waals surface area contributed by atoms with E-state index >= 15 is 0 Å². The lowest BCUT2D eigenvalue weighted by molar-refractivity contribution is 0.579. The Balaban J connectivity index is 2.51. The Bertz CT molecular complexity index is 434. The van der Waals surface area contributed by atoms with E-state index in [9.17, 15) is 8.42 Å². The Labute approximate surface area is 105 Å². The van der Waals surface area contributed by atoms with Crippen molar-refractivity contribution >= 4 is 26.0 Å². The summed E-state index contributed by atoms with van der Waals surface area (Å²) in [7, 11) is -1.46. The molecule has 0 spiro atoms. The monoisotopic (exact) mass is 306 g/mol. The molecule has 0 aliphatic rings. The zero-order valence-electron chi connectivity index (χ0n) is 9.03. The van der Waals surface area contributed by atoms with Crippen LogP contribution in [0.2, 0.25) is 0 Å². The van der Waals surface area contributed by atoms with Crippen LogP contribution in [0.25, 0.3) is 0 Å². The highest BCUT2D eigenvalue weighted by Gasteiger charge is 2.08. The van der Waals surface area contributed by atoms with E-state index in [1.807, 2.05) is 24.3 Å². The molecule has 0 saturated carbocycles. The van der Waals surface area contributed by atoms with E-state index in [-0.39, 0.29) is 5.75 Å². The Morgan fingerprint density at radius 3 is 2.75 bits per heavy atom. The molecule has 0 amide bonds. The summed E-state index contributed by atoms with van der Waals surface area (Å²) < 4.78 is 26.5. The molecule has 1 aromatic carbocycles. The van der Waals surface area contributed by atoms with Gasteiger partial charge in [0.15, 0.2) is 0 Å². The second kappa shape index (κ2) is 6.34. The second-order valence-corrected chi connectivity index (χ2v) is 6.22. The van der Waals surface area contributed by atoms with Crippen LogP contribution in [0.15, 0.2) is 28.7 Å². The van der Waals surface area contributed by atoms with Gasteiger partial charge in [-0.2, -0.15) is 0 Å². The first-order chi connectivity index (χ1) is 7.53. The number of hydrogen-bond acceptors (Lipinski definition) is 3. The molecule has 0 bridgehead atoms. The SMILES string of the molecule is CNCCS(=O)(=O)NCc1cccc(Br)c1. The standard InChI is InChI=1S/C10H15BrN2O2S/c1-12-5-6-16(14,15)13-8-9-3-2-4-10(11)7-9/h2-4,7,12-13H,5-6,8H2,1H3. The Hall–Kier alpha value is -0.430. The first-order valence-electron chi connectivity index (χ1n) is 4.90. The second-order valence-electron chi connectivity index (χ2n) is 3.37. The van der Waals surface area contributed by atoms with E-state index in [4.69, 9.17) is 0 Å².